The van der Waals surface area contributed by atoms with E-state index in [-0.39, 0.29) is 0 Å². The van der Waals surface area contributed by atoms with Gasteiger partial charge in [-0.25, -0.2) is 0 Å². The Kier molecular flexibility index (Phi) is 3.62. The van der Waals surface area contributed by atoms with Crippen LogP contribution in [0.2, 0.25) is 5.32 Å². The molecule has 74 valence electrons. The van der Waals surface area contributed by atoms with Crippen LogP contribution >= 0.6 is 15.9 Å². The third-order valence-electron chi connectivity index (χ3n) is 1.79. The maximum atomic E-state index is 5.48. The van der Waals surface area contributed by atoms with Crippen LogP contribution in [0.1, 0.15) is 6.42 Å². The molecule has 2 rings (SSSR count). The zero-order chi connectivity index (χ0) is 9.80. The maximum absolute atomic E-state index is 5.48. The van der Waals surface area contributed by atoms with Gasteiger partial charge in [0.05, 0.1) is 0 Å². The van der Waals surface area contributed by atoms with Crippen LogP contribution in [0.5, 0.6) is 0 Å². The summed E-state index contributed by atoms with van der Waals surface area (Å²) in [7, 11) is 0. The molecule has 2 nitrogen and oxygen atoms in total. The van der Waals surface area contributed by atoms with Gasteiger partial charge in [-0.05, 0) is 0 Å². The second-order valence-electron chi connectivity index (χ2n) is 2.90. The monoisotopic (exact) mass is 319 g/mol. The Morgan fingerprint density at radius 3 is 2.71 bits per heavy atom. The summed E-state index contributed by atoms with van der Waals surface area (Å²) in [4.78, 5) is 5.40. The number of hydrogen-bond donors (Lipinski definition) is 0. The predicted octanol–water partition coefficient (Wildman–Crippen LogP) is 2.98. The molecule has 4 heteroatoms. The van der Waals surface area contributed by atoms with E-state index >= 15 is 0 Å². The summed E-state index contributed by atoms with van der Waals surface area (Å²) < 4.78 is 6.56. The van der Waals surface area contributed by atoms with Gasteiger partial charge in [-0.15, -0.1) is 0 Å². The molecule has 1 aromatic carbocycles. The average Bonchev–Trinajstić information content (AvgIpc) is 2.23. The molecular weight excluding hydrogens is 309 g/mol. The van der Waals surface area contributed by atoms with Gasteiger partial charge in [0.1, 0.15) is 0 Å². The van der Waals surface area contributed by atoms with Gasteiger partial charge in [0.15, 0.2) is 0 Å². The molecule has 0 unspecified atom stereocenters. The molecule has 1 aliphatic heterocycles. The minimum absolute atomic E-state index is 0.436. The number of benzene rings is 1. The Hall–Kier alpha value is -0.311. The van der Waals surface area contributed by atoms with Gasteiger partial charge in [-0.3, -0.25) is 0 Å². The molecule has 0 aliphatic carbocycles. The first-order chi connectivity index (χ1) is 6.84. The van der Waals surface area contributed by atoms with Gasteiger partial charge in [-0.2, -0.15) is 0 Å². The molecule has 0 radical (unpaired) electrons. The molecule has 14 heavy (non-hydrogen) atoms. The van der Waals surface area contributed by atoms with Crippen molar-refractivity contribution in [1.82, 2.24) is 0 Å². The Morgan fingerprint density at radius 2 is 2.07 bits per heavy atom. The number of nitrogens with zero attached hydrogens (tertiary/aromatic N) is 1. The second kappa shape index (κ2) is 4.96. The van der Waals surface area contributed by atoms with Crippen molar-refractivity contribution < 1.29 is 4.74 Å². The molecule has 1 fully saturated rings. The third-order valence-corrected chi connectivity index (χ3v) is 4.31. The Bertz CT molecular complexity index is 328. The van der Waals surface area contributed by atoms with Crippen molar-refractivity contribution in [3.05, 3.63) is 28.7 Å². The van der Waals surface area contributed by atoms with Crippen LogP contribution in [0.4, 0.5) is 5.69 Å². The molecule has 1 saturated heterocycles. The summed E-state index contributed by atoms with van der Waals surface area (Å²) in [5.41, 5.74) is 0.979. The van der Waals surface area contributed by atoms with Gasteiger partial charge in [0.25, 0.3) is 0 Å². The van der Waals surface area contributed by atoms with E-state index in [0.717, 1.165) is 21.6 Å². The number of aliphatic imine (C=N–C) groups is 1. The molecule has 1 aromatic rings. The van der Waals surface area contributed by atoms with Crippen LogP contribution in [-0.2, 0) is 4.74 Å². The Balaban J connectivity index is 2.11. The van der Waals surface area contributed by atoms with E-state index in [1.54, 1.807) is 0 Å². The van der Waals surface area contributed by atoms with Crippen LogP contribution in [0, 0.1) is 0 Å². The first-order valence-corrected chi connectivity index (χ1v) is 7.30. The molecule has 0 amide bonds. The van der Waals surface area contributed by atoms with Gasteiger partial charge in [0.2, 0.25) is 0 Å². The molecule has 0 N–H and O–H groups in total. The van der Waals surface area contributed by atoms with Crippen LogP contribution in [0.3, 0.4) is 0 Å². The van der Waals surface area contributed by atoms with Gasteiger partial charge < -0.3 is 0 Å². The van der Waals surface area contributed by atoms with Gasteiger partial charge in [0, 0.05) is 0 Å². The number of ether oxygens (including phenoxy) is 1. The van der Waals surface area contributed by atoms with E-state index in [1.807, 2.05) is 24.3 Å². The topological polar surface area (TPSA) is 21.6 Å². The van der Waals surface area contributed by atoms with Crippen molar-refractivity contribution in [2.75, 3.05) is 6.61 Å². The summed E-state index contributed by atoms with van der Waals surface area (Å²) >= 11 is 3.83. The van der Waals surface area contributed by atoms with E-state index in [9.17, 15) is 0 Å². The molecule has 0 spiro atoms. The van der Waals surface area contributed by atoms with Gasteiger partial charge >= 0.3 is 98.2 Å². The quantitative estimate of drug-likeness (QED) is 0.729. The fourth-order valence-electron chi connectivity index (χ4n) is 1.11. The zero-order valence-electron chi connectivity index (χ0n) is 7.57. The minimum atomic E-state index is 0.436. The van der Waals surface area contributed by atoms with Crippen molar-refractivity contribution >= 4 is 41.4 Å². The predicted molar refractivity (Wildman–Crippen MR) is 62.4 cm³/mol. The summed E-state index contributed by atoms with van der Waals surface area (Å²) in [6.07, 6.45) is 1.18. The van der Waals surface area contributed by atoms with E-state index in [4.69, 9.17) is 4.74 Å². The normalized spacial score (nSPS) is 19.4. The average molecular weight is 319 g/mol. The van der Waals surface area contributed by atoms with Crippen LogP contribution in [0.15, 0.2) is 33.7 Å². The number of halogens is 1. The summed E-state index contributed by atoms with van der Waals surface area (Å²) in [5, 5.41) is 1.25. The molecule has 1 aliphatic rings. The summed E-state index contributed by atoms with van der Waals surface area (Å²) in [6.45, 7) is 0.830. The van der Waals surface area contributed by atoms with Gasteiger partial charge in [-0.1, -0.05) is 0 Å². The summed E-state index contributed by atoms with van der Waals surface area (Å²) in [5.74, 6) is 0. The van der Waals surface area contributed by atoms with E-state index in [1.165, 1.54) is 11.7 Å². The molecular formula is C10H10BrNOSe. The SMILES string of the molecule is Brc1ccc(N=C2OCCC[Se]2)cc1. The fraction of sp³-hybridized carbons (Fsp3) is 0.300. The summed E-state index contributed by atoms with van der Waals surface area (Å²) in [6, 6.07) is 7.97. The molecule has 0 atom stereocenters. The first-order valence-electron chi connectivity index (χ1n) is 4.44. The number of rotatable bonds is 1. The molecule has 1 heterocycles. The fourth-order valence-corrected chi connectivity index (χ4v) is 2.99. The van der Waals surface area contributed by atoms with Crippen LogP contribution < -0.4 is 0 Å². The standard InChI is InChI=1S/C10H10BrNOSe/c11-8-2-4-9(5-3-8)12-10-13-6-1-7-14-10/h2-5H,1,6-7H2. The van der Waals surface area contributed by atoms with E-state index in [2.05, 4.69) is 20.9 Å². The second-order valence-corrected chi connectivity index (χ2v) is 6.02. The van der Waals surface area contributed by atoms with Crippen molar-refractivity contribution in [3.63, 3.8) is 0 Å². The van der Waals surface area contributed by atoms with Crippen molar-refractivity contribution in [1.29, 1.82) is 0 Å². The Labute approximate surface area is 98.0 Å². The van der Waals surface area contributed by atoms with Crippen molar-refractivity contribution in [2.45, 2.75) is 11.7 Å². The molecule has 0 bridgehead atoms. The molecule has 0 saturated carbocycles. The first kappa shape index (κ1) is 10.2. The van der Waals surface area contributed by atoms with Crippen LogP contribution in [0.25, 0.3) is 0 Å². The zero-order valence-corrected chi connectivity index (χ0v) is 10.9. The third kappa shape index (κ3) is 2.84. The van der Waals surface area contributed by atoms with Crippen molar-refractivity contribution in [2.24, 2.45) is 4.99 Å². The van der Waals surface area contributed by atoms with E-state index < -0.39 is 0 Å². The molecule has 0 aromatic heterocycles. The Morgan fingerprint density at radius 1 is 1.29 bits per heavy atom. The van der Waals surface area contributed by atoms with Crippen LogP contribution in [-0.4, -0.2) is 26.4 Å². The number of hydrogen-bond acceptors (Lipinski definition) is 2. The van der Waals surface area contributed by atoms with E-state index in [0.29, 0.717) is 15.0 Å². The van der Waals surface area contributed by atoms with Crippen molar-refractivity contribution in [3.8, 4) is 0 Å².